The quantitative estimate of drug-likeness (QED) is 0.910. The summed E-state index contributed by atoms with van der Waals surface area (Å²) in [6.07, 6.45) is 13.9. The van der Waals surface area contributed by atoms with Gasteiger partial charge in [0.05, 0.1) is 0 Å². The molecule has 2 N–H and O–H groups in total. The Morgan fingerprint density at radius 1 is 1.05 bits per heavy atom. The number of rotatable bonds is 4. The summed E-state index contributed by atoms with van der Waals surface area (Å²) >= 11 is 0. The molecule has 0 amide bonds. The van der Waals surface area contributed by atoms with Gasteiger partial charge in [-0.3, -0.25) is 4.98 Å². The fourth-order valence-electron chi connectivity index (χ4n) is 6.03. The van der Waals surface area contributed by atoms with Crippen LogP contribution in [0.1, 0.15) is 44.1 Å². The molecule has 4 aliphatic rings. The second-order valence-electron chi connectivity index (χ2n) is 7.77. The number of hydrogen-bond acceptors (Lipinski definition) is 2. The number of nitrogens with zero attached hydrogens (tertiary/aromatic N) is 1. The minimum Gasteiger partial charge on any atom is -0.330 e. The van der Waals surface area contributed by atoms with Gasteiger partial charge in [-0.15, -0.1) is 0 Å². The smallest absolute Gasteiger partial charge is 0.0270 e. The minimum absolute atomic E-state index is 0.576. The Kier molecular flexibility index (Phi) is 3.10. The summed E-state index contributed by atoms with van der Waals surface area (Å²) in [5, 5.41) is 0. The third-order valence-corrected chi connectivity index (χ3v) is 6.47. The van der Waals surface area contributed by atoms with E-state index in [0.717, 1.165) is 30.7 Å². The highest BCUT2D eigenvalue weighted by atomic mass is 14.6. The molecule has 2 heteroatoms. The summed E-state index contributed by atoms with van der Waals surface area (Å²) < 4.78 is 0. The maximum Gasteiger partial charge on any atom is 0.0270 e. The first kappa shape index (κ1) is 12.8. The van der Waals surface area contributed by atoms with Gasteiger partial charge in [0.25, 0.3) is 0 Å². The van der Waals surface area contributed by atoms with Gasteiger partial charge in [0.1, 0.15) is 0 Å². The van der Waals surface area contributed by atoms with Crippen molar-refractivity contribution in [3.8, 4) is 0 Å². The van der Waals surface area contributed by atoms with Crippen LogP contribution in [0.4, 0.5) is 0 Å². The van der Waals surface area contributed by atoms with Crippen molar-refractivity contribution in [1.29, 1.82) is 0 Å². The second kappa shape index (κ2) is 4.84. The first-order chi connectivity index (χ1) is 9.77. The van der Waals surface area contributed by atoms with Gasteiger partial charge in [-0.05, 0) is 98.3 Å². The van der Waals surface area contributed by atoms with Crippen LogP contribution < -0.4 is 5.73 Å². The summed E-state index contributed by atoms with van der Waals surface area (Å²) in [5.74, 6) is 3.74. The van der Waals surface area contributed by atoms with Gasteiger partial charge in [-0.25, -0.2) is 0 Å². The number of hydrogen-bond donors (Lipinski definition) is 1. The second-order valence-corrected chi connectivity index (χ2v) is 7.77. The van der Waals surface area contributed by atoms with Crippen LogP contribution in [-0.2, 0) is 6.42 Å². The lowest BCUT2D eigenvalue weighted by atomic mass is 9.46. The van der Waals surface area contributed by atoms with E-state index >= 15 is 0 Å². The Hall–Kier alpha value is -0.890. The molecule has 0 spiro atoms. The van der Waals surface area contributed by atoms with Gasteiger partial charge in [-0.2, -0.15) is 0 Å². The van der Waals surface area contributed by atoms with Crippen LogP contribution in [0.3, 0.4) is 0 Å². The van der Waals surface area contributed by atoms with Gasteiger partial charge in [0, 0.05) is 12.4 Å². The zero-order chi connectivity index (χ0) is 13.6. The summed E-state index contributed by atoms with van der Waals surface area (Å²) in [6, 6.07) is 4.34. The fourth-order valence-corrected chi connectivity index (χ4v) is 6.03. The molecule has 1 unspecified atom stereocenters. The van der Waals surface area contributed by atoms with Crippen LogP contribution in [0.25, 0.3) is 0 Å². The van der Waals surface area contributed by atoms with Gasteiger partial charge >= 0.3 is 0 Å². The van der Waals surface area contributed by atoms with Crippen molar-refractivity contribution in [3.05, 3.63) is 30.1 Å². The summed E-state index contributed by atoms with van der Waals surface area (Å²) in [6.45, 7) is 0.856. The molecule has 1 atom stereocenters. The molecule has 0 saturated heterocycles. The first-order valence-corrected chi connectivity index (χ1v) is 8.36. The van der Waals surface area contributed by atoms with Crippen LogP contribution in [-0.4, -0.2) is 11.5 Å². The summed E-state index contributed by atoms with van der Waals surface area (Å²) in [5.41, 5.74) is 8.22. The van der Waals surface area contributed by atoms with Crippen molar-refractivity contribution in [1.82, 2.24) is 4.98 Å². The molecule has 1 aromatic heterocycles. The Morgan fingerprint density at radius 2 is 1.60 bits per heavy atom. The zero-order valence-electron chi connectivity index (χ0n) is 12.3. The van der Waals surface area contributed by atoms with E-state index in [1.165, 1.54) is 44.1 Å². The largest absolute Gasteiger partial charge is 0.330 e. The standard InChI is InChI=1S/C18H26N2/c19-12-17(8-13-1-3-20-4-2-13)18-9-14-5-15(10-18)7-16(6-14)11-18/h1-4,14-17H,5-12,19H2. The van der Waals surface area contributed by atoms with Crippen LogP contribution >= 0.6 is 0 Å². The molecule has 5 rings (SSSR count). The van der Waals surface area contributed by atoms with Gasteiger partial charge in [0.2, 0.25) is 0 Å². The minimum atomic E-state index is 0.576. The van der Waals surface area contributed by atoms with E-state index in [0.29, 0.717) is 11.3 Å². The van der Waals surface area contributed by atoms with Crippen molar-refractivity contribution in [2.24, 2.45) is 34.8 Å². The normalized spacial score (nSPS) is 40.0. The van der Waals surface area contributed by atoms with Gasteiger partial charge in [-0.1, -0.05) is 0 Å². The zero-order valence-corrected chi connectivity index (χ0v) is 12.3. The van der Waals surface area contributed by atoms with E-state index in [4.69, 9.17) is 5.73 Å². The molecule has 0 aromatic carbocycles. The SMILES string of the molecule is NCC(Cc1ccncc1)C12CC3CC(CC(C3)C1)C2. The third-order valence-electron chi connectivity index (χ3n) is 6.47. The molecule has 108 valence electrons. The third kappa shape index (κ3) is 2.09. The van der Waals surface area contributed by atoms with Crippen molar-refractivity contribution in [3.63, 3.8) is 0 Å². The van der Waals surface area contributed by atoms with Crippen molar-refractivity contribution < 1.29 is 0 Å². The molecule has 1 heterocycles. The molecule has 20 heavy (non-hydrogen) atoms. The number of pyridine rings is 1. The lowest BCUT2D eigenvalue weighted by Gasteiger charge is -2.59. The van der Waals surface area contributed by atoms with E-state index in [1.54, 1.807) is 0 Å². The van der Waals surface area contributed by atoms with Crippen LogP contribution in [0.15, 0.2) is 24.5 Å². The molecule has 0 aliphatic heterocycles. The van der Waals surface area contributed by atoms with E-state index in [-0.39, 0.29) is 0 Å². The monoisotopic (exact) mass is 270 g/mol. The maximum absolute atomic E-state index is 6.23. The van der Waals surface area contributed by atoms with E-state index in [1.807, 2.05) is 12.4 Å². The van der Waals surface area contributed by atoms with E-state index in [9.17, 15) is 0 Å². The van der Waals surface area contributed by atoms with Crippen molar-refractivity contribution >= 4 is 0 Å². The van der Waals surface area contributed by atoms with E-state index in [2.05, 4.69) is 17.1 Å². The molecule has 4 saturated carbocycles. The van der Waals surface area contributed by atoms with E-state index < -0.39 is 0 Å². The molecule has 4 bridgehead atoms. The highest BCUT2D eigenvalue weighted by molar-refractivity contribution is 5.13. The predicted molar refractivity (Wildman–Crippen MR) is 81.1 cm³/mol. The molecule has 4 fully saturated rings. The predicted octanol–water partition coefficient (Wildman–Crippen LogP) is 3.42. The Balaban J connectivity index is 1.58. The fraction of sp³-hybridized carbons (Fsp3) is 0.722. The number of aromatic nitrogens is 1. The topological polar surface area (TPSA) is 38.9 Å². The molecule has 1 aromatic rings. The average Bonchev–Trinajstić information content (AvgIpc) is 2.44. The lowest BCUT2D eigenvalue weighted by Crippen LogP contribution is -2.51. The van der Waals surface area contributed by atoms with Crippen molar-refractivity contribution in [2.45, 2.75) is 44.9 Å². The Morgan fingerprint density at radius 3 is 2.10 bits per heavy atom. The average molecular weight is 270 g/mol. The Labute approximate surface area is 122 Å². The Bertz CT molecular complexity index is 432. The molecule has 0 radical (unpaired) electrons. The highest BCUT2D eigenvalue weighted by Crippen LogP contribution is 2.62. The molecular weight excluding hydrogens is 244 g/mol. The highest BCUT2D eigenvalue weighted by Gasteiger charge is 2.53. The van der Waals surface area contributed by atoms with Gasteiger partial charge < -0.3 is 5.73 Å². The lowest BCUT2D eigenvalue weighted by molar-refractivity contribution is -0.0849. The summed E-state index contributed by atoms with van der Waals surface area (Å²) in [4.78, 5) is 4.14. The van der Waals surface area contributed by atoms with Crippen LogP contribution in [0.5, 0.6) is 0 Å². The first-order valence-electron chi connectivity index (χ1n) is 8.36. The maximum atomic E-state index is 6.23. The molecular formula is C18H26N2. The summed E-state index contributed by atoms with van der Waals surface area (Å²) in [7, 11) is 0. The molecule has 2 nitrogen and oxygen atoms in total. The van der Waals surface area contributed by atoms with Gasteiger partial charge in [0.15, 0.2) is 0 Å². The van der Waals surface area contributed by atoms with Crippen LogP contribution in [0.2, 0.25) is 0 Å². The number of nitrogens with two attached hydrogens (primary N) is 1. The van der Waals surface area contributed by atoms with Crippen LogP contribution in [0, 0.1) is 29.1 Å². The molecule has 4 aliphatic carbocycles. The van der Waals surface area contributed by atoms with Crippen molar-refractivity contribution in [2.75, 3.05) is 6.54 Å².